The van der Waals surface area contributed by atoms with E-state index >= 15 is 0 Å². The fourth-order valence-electron chi connectivity index (χ4n) is 1.29. The van der Waals surface area contributed by atoms with E-state index in [0.29, 0.717) is 12.1 Å². The third-order valence-electron chi connectivity index (χ3n) is 1.93. The maximum Gasteiger partial charge on any atom is 0.150 e. The van der Waals surface area contributed by atoms with Gasteiger partial charge in [0.05, 0.1) is 6.54 Å². The third-order valence-corrected chi connectivity index (χ3v) is 1.93. The van der Waals surface area contributed by atoms with E-state index in [4.69, 9.17) is 10.2 Å². The Morgan fingerprint density at radius 1 is 1.38 bits per heavy atom. The van der Waals surface area contributed by atoms with Crippen LogP contribution in [0.2, 0.25) is 0 Å². The van der Waals surface area contributed by atoms with E-state index in [9.17, 15) is 4.79 Å². The Morgan fingerprint density at radius 3 is 2.92 bits per heavy atom. The van der Waals surface area contributed by atoms with Crippen LogP contribution < -0.4 is 5.73 Å². The van der Waals surface area contributed by atoms with E-state index < -0.39 is 0 Å². The smallest absolute Gasteiger partial charge is 0.150 e. The van der Waals surface area contributed by atoms with Crippen molar-refractivity contribution in [2.24, 2.45) is 5.73 Å². The molecule has 0 aliphatic carbocycles. The van der Waals surface area contributed by atoms with Gasteiger partial charge in [0.2, 0.25) is 0 Å². The summed E-state index contributed by atoms with van der Waals surface area (Å²) in [6, 6.07) is 7.13. The lowest BCUT2D eigenvalue weighted by Crippen LogP contribution is -1.92. The fourth-order valence-corrected chi connectivity index (χ4v) is 1.29. The van der Waals surface area contributed by atoms with Crippen molar-refractivity contribution in [2.45, 2.75) is 6.54 Å². The van der Waals surface area contributed by atoms with Crippen LogP contribution in [0, 0.1) is 0 Å². The van der Waals surface area contributed by atoms with Gasteiger partial charge in [-0.1, -0.05) is 0 Å². The molecule has 0 fully saturated rings. The summed E-state index contributed by atoms with van der Waals surface area (Å²) in [5, 5.41) is 0.921. The summed E-state index contributed by atoms with van der Waals surface area (Å²) in [5.41, 5.74) is 6.84. The van der Waals surface area contributed by atoms with Crippen molar-refractivity contribution in [2.75, 3.05) is 0 Å². The topological polar surface area (TPSA) is 56.2 Å². The first-order valence-corrected chi connectivity index (χ1v) is 4.01. The van der Waals surface area contributed by atoms with Crippen molar-refractivity contribution in [3.05, 3.63) is 35.6 Å². The first kappa shape index (κ1) is 8.01. The summed E-state index contributed by atoms with van der Waals surface area (Å²) < 4.78 is 5.38. The van der Waals surface area contributed by atoms with Gasteiger partial charge >= 0.3 is 0 Å². The van der Waals surface area contributed by atoms with Gasteiger partial charge < -0.3 is 10.2 Å². The molecule has 1 heterocycles. The predicted molar refractivity (Wildman–Crippen MR) is 49.5 cm³/mol. The van der Waals surface area contributed by atoms with Crippen molar-refractivity contribution in [1.82, 2.24) is 0 Å². The lowest BCUT2D eigenvalue weighted by molar-refractivity contribution is 0.112. The second kappa shape index (κ2) is 3.03. The molecule has 0 saturated heterocycles. The quantitative estimate of drug-likeness (QED) is 0.707. The minimum atomic E-state index is 0.380. The molecule has 0 amide bonds. The van der Waals surface area contributed by atoms with Crippen LogP contribution in [0.4, 0.5) is 0 Å². The van der Waals surface area contributed by atoms with Crippen LogP contribution in [0.25, 0.3) is 11.0 Å². The van der Waals surface area contributed by atoms with Crippen molar-refractivity contribution in [3.8, 4) is 0 Å². The number of aldehydes is 1. The lowest BCUT2D eigenvalue weighted by Gasteiger charge is -1.88. The van der Waals surface area contributed by atoms with E-state index in [-0.39, 0.29) is 0 Å². The fraction of sp³-hybridized carbons (Fsp3) is 0.100. The molecule has 0 aliphatic rings. The highest BCUT2D eigenvalue weighted by atomic mass is 16.3. The van der Waals surface area contributed by atoms with E-state index in [1.807, 2.05) is 6.07 Å². The molecule has 66 valence electrons. The normalized spacial score (nSPS) is 10.5. The average Bonchev–Trinajstić information content (AvgIpc) is 2.58. The molecule has 0 atom stereocenters. The van der Waals surface area contributed by atoms with Gasteiger partial charge in [0.1, 0.15) is 17.6 Å². The van der Waals surface area contributed by atoms with Gasteiger partial charge in [-0.25, -0.2) is 0 Å². The van der Waals surface area contributed by atoms with E-state index in [1.165, 1.54) is 0 Å². The Kier molecular flexibility index (Phi) is 1.87. The monoisotopic (exact) mass is 175 g/mol. The molecule has 0 saturated carbocycles. The van der Waals surface area contributed by atoms with Crippen LogP contribution in [0.15, 0.2) is 28.7 Å². The van der Waals surface area contributed by atoms with Crippen LogP contribution in [-0.4, -0.2) is 6.29 Å². The molecule has 0 unspecified atom stereocenters. The maximum atomic E-state index is 10.5. The number of carbonyl (C=O) groups is 1. The Labute approximate surface area is 75.1 Å². The van der Waals surface area contributed by atoms with Crippen LogP contribution in [0.5, 0.6) is 0 Å². The molecule has 3 nitrogen and oxygen atoms in total. The zero-order valence-electron chi connectivity index (χ0n) is 6.99. The molecule has 3 heteroatoms. The predicted octanol–water partition coefficient (Wildman–Crippen LogP) is 1.70. The Balaban J connectivity index is 2.63. The summed E-state index contributed by atoms with van der Waals surface area (Å²) >= 11 is 0. The second-order valence-corrected chi connectivity index (χ2v) is 2.83. The molecule has 0 aliphatic heterocycles. The van der Waals surface area contributed by atoms with Gasteiger partial charge in [0.25, 0.3) is 0 Å². The molecule has 0 spiro atoms. The first-order chi connectivity index (χ1) is 6.33. The Hall–Kier alpha value is -1.61. The van der Waals surface area contributed by atoms with Gasteiger partial charge in [-0.2, -0.15) is 0 Å². The molecule has 2 rings (SSSR count). The summed E-state index contributed by atoms with van der Waals surface area (Å²) in [6.07, 6.45) is 0.814. The van der Waals surface area contributed by atoms with E-state index in [1.54, 1.807) is 18.2 Å². The first-order valence-electron chi connectivity index (χ1n) is 4.01. The molecular weight excluding hydrogens is 166 g/mol. The summed E-state index contributed by atoms with van der Waals surface area (Å²) in [4.78, 5) is 10.5. The number of benzene rings is 1. The number of hydrogen-bond donors (Lipinski definition) is 1. The SMILES string of the molecule is NCc1cc2cc(C=O)ccc2o1. The highest BCUT2D eigenvalue weighted by Crippen LogP contribution is 2.19. The molecule has 0 radical (unpaired) electrons. The van der Waals surface area contributed by atoms with E-state index in [2.05, 4.69) is 0 Å². The van der Waals surface area contributed by atoms with Crippen molar-refractivity contribution < 1.29 is 9.21 Å². The molecule has 1 aromatic carbocycles. The van der Waals surface area contributed by atoms with Gasteiger partial charge in [0.15, 0.2) is 0 Å². The Bertz CT molecular complexity index is 445. The minimum absolute atomic E-state index is 0.380. The molecule has 13 heavy (non-hydrogen) atoms. The zero-order valence-corrected chi connectivity index (χ0v) is 6.99. The molecule has 2 N–H and O–H groups in total. The van der Waals surface area contributed by atoms with Gasteiger partial charge in [0, 0.05) is 10.9 Å². The van der Waals surface area contributed by atoms with Crippen LogP contribution >= 0.6 is 0 Å². The lowest BCUT2D eigenvalue weighted by atomic mass is 10.2. The number of rotatable bonds is 2. The average molecular weight is 175 g/mol. The number of furan rings is 1. The number of fused-ring (bicyclic) bond motifs is 1. The maximum absolute atomic E-state index is 10.5. The largest absolute Gasteiger partial charge is 0.460 e. The van der Waals surface area contributed by atoms with Crippen molar-refractivity contribution in [3.63, 3.8) is 0 Å². The standard InChI is InChI=1S/C10H9NO2/c11-5-9-4-8-3-7(6-12)1-2-10(8)13-9/h1-4,6H,5,11H2. The Morgan fingerprint density at radius 2 is 2.23 bits per heavy atom. The number of carbonyl (C=O) groups excluding carboxylic acids is 1. The summed E-state index contributed by atoms with van der Waals surface area (Å²) in [6.45, 7) is 0.380. The molecule has 2 aromatic rings. The molecule has 0 bridgehead atoms. The van der Waals surface area contributed by atoms with E-state index in [0.717, 1.165) is 23.0 Å². The molecule has 1 aromatic heterocycles. The number of hydrogen-bond acceptors (Lipinski definition) is 3. The third kappa shape index (κ3) is 1.34. The minimum Gasteiger partial charge on any atom is -0.460 e. The molecular formula is C10H9NO2. The van der Waals surface area contributed by atoms with Crippen LogP contribution in [0.3, 0.4) is 0 Å². The highest BCUT2D eigenvalue weighted by molar-refractivity contribution is 5.86. The van der Waals surface area contributed by atoms with Crippen LogP contribution in [-0.2, 0) is 6.54 Å². The summed E-state index contributed by atoms with van der Waals surface area (Å²) in [7, 11) is 0. The van der Waals surface area contributed by atoms with Gasteiger partial charge in [-0.15, -0.1) is 0 Å². The van der Waals surface area contributed by atoms with Crippen molar-refractivity contribution in [1.29, 1.82) is 0 Å². The van der Waals surface area contributed by atoms with Crippen LogP contribution in [0.1, 0.15) is 16.1 Å². The van der Waals surface area contributed by atoms with Gasteiger partial charge in [-0.05, 0) is 24.3 Å². The highest BCUT2D eigenvalue weighted by Gasteiger charge is 2.02. The second-order valence-electron chi connectivity index (χ2n) is 2.83. The summed E-state index contributed by atoms with van der Waals surface area (Å²) in [5.74, 6) is 0.734. The number of nitrogens with two attached hydrogens (primary N) is 1. The van der Waals surface area contributed by atoms with Crippen molar-refractivity contribution >= 4 is 17.3 Å². The zero-order chi connectivity index (χ0) is 9.26. The van der Waals surface area contributed by atoms with Gasteiger partial charge in [-0.3, -0.25) is 4.79 Å².